The average Bonchev–Trinajstić information content (AvgIpc) is 2.77. The number of nitro benzene ring substituents is 1. The predicted molar refractivity (Wildman–Crippen MR) is 116 cm³/mol. The van der Waals surface area contributed by atoms with Gasteiger partial charge in [-0.3, -0.25) is 14.9 Å². The second-order valence-electron chi connectivity index (χ2n) is 6.83. The van der Waals surface area contributed by atoms with Gasteiger partial charge < -0.3 is 19.7 Å². The largest absolute Gasteiger partial charge is 0.480 e. The van der Waals surface area contributed by atoms with E-state index in [1.807, 2.05) is 13.8 Å². The number of nitrogens with one attached hydrogen (secondary N) is 1. The van der Waals surface area contributed by atoms with Crippen LogP contribution in [0, 0.1) is 15.9 Å². The van der Waals surface area contributed by atoms with Gasteiger partial charge in [0.2, 0.25) is 5.91 Å². The topological polar surface area (TPSA) is 111 Å². The van der Waals surface area contributed by atoms with E-state index in [4.69, 9.17) is 9.47 Å². The van der Waals surface area contributed by atoms with Crippen LogP contribution in [0.3, 0.4) is 0 Å². The lowest BCUT2D eigenvalue weighted by Gasteiger charge is -2.17. The number of ether oxygens (including phenoxy) is 2. The molecule has 1 N–H and O–H groups in total. The Balaban J connectivity index is 1.94. The van der Waals surface area contributed by atoms with Crippen molar-refractivity contribution in [2.24, 2.45) is 0 Å². The fourth-order valence-electron chi connectivity index (χ4n) is 2.89. The second-order valence-corrected chi connectivity index (χ2v) is 6.83. The Hall–Kier alpha value is -3.53. The highest BCUT2D eigenvalue weighted by Crippen LogP contribution is 2.26. The molecule has 0 aliphatic heterocycles. The maximum Gasteiger partial charge on any atom is 0.344 e. The summed E-state index contributed by atoms with van der Waals surface area (Å²) in [7, 11) is 0. The summed E-state index contributed by atoms with van der Waals surface area (Å²) in [6, 6.07) is 9.19. The molecule has 32 heavy (non-hydrogen) atoms. The van der Waals surface area contributed by atoms with Crippen molar-refractivity contribution < 1.29 is 28.4 Å². The zero-order chi connectivity index (χ0) is 23.5. The van der Waals surface area contributed by atoms with Gasteiger partial charge in [-0.1, -0.05) is 26.0 Å². The number of amides is 1. The summed E-state index contributed by atoms with van der Waals surface area (Å²) in [6.45, 7) is 6.05. The molecule has 0 aliphatic rings. The Bertz CT molecular complexity index is 949. The first-order valence-corrected chi connectivity index (χ1v) is 10.2. The molecule has 9 nitrogen and oxygen atoms in total. The summed E-state index contributed by atoms with van der Waals surface area (Å²) >= 11 is 0. The number of nitrogens with zero attached hydrogens (tertiary/aromatic N) is 2. The van der Waals surface area contributed by atoms with Crippen molar-refractivity contribution in [2.75, 3.05) is 38.2 Å². The summed E-state index contributed by atoms with van der Waals surface area (Å²) in [5, 5.41) is 13.4. The number of benzene rings is 2. The maximum atomic E-state index is 13.7. The van der Waals surface area contributed by atoms with E-state index in [0.717, 1.165) is 25.2 Å². The lowest BCUT2D eigenvalue weighted by Crippen LogP contribution is -2.28. The predicted octanol–water partition coefficient (Wildman–Crippen LogP) is 3.18. The fourth-order valence-corrected chi connectivity index (χ4v) is 2.89. The third-order valence-corrected chi connectivity index (χ3v) is 4.61. The number of nitro groups is 1. The number of carbonyl (C=O) groups is 2. The lowest BCUT2D eigenvalue weighted by atomic mass is 10.1. The van der Waals surface area contributed by atoms with E-state index in [-0.39, 0.29) is 30.2 Å². The molecule has 0 radical (unpaired) electrons. The molecule has 172 valence electrons. The van der Waals surface area contributed by atoms with Gasteiger partial charge in [0, 0.05) is 24.7 Å². The Labute approximate surface area is 185 Å². The first-order chi connectivity index (χ1) is 15.3. The Morgan fingerprint density at radius 3 is 2.59 bits per heavy atom. The Morgan fingerprint density at radius 2 is 1.91 bits per heavy atom. The van der Waals surface area contributed by atoms with Crippen LogP contribution in [0.4, 0.5) is 15.8 Å². The SMILES string of the molecule is CCN(CC)CCOC(=O)COc1cc(F)ccc1NC(=O)Cc1cccc([N+](=O)[O-])c1. The van der Waals surface area contributed by atoms with Gasteiger partial charge in [-0.25, -0.2) is 9.18 Å². The van der Waals surface area contributed by atoms with Crippen molar-refractivity contribution in [2.45, 2.75) is 20.3 Å². The quantitative estimate of drug-likeness (QED) is 0.302. The molecular weight excluding hydrogens is 421 g/mol. The van der Waals surface area contributed by atoms with Crippen LogP contribution in [0.5, 0.6) is 5.75 Å². The molecule has 0 aliphatic carbocycles. The van der Waals surface area contributed by atoms with Gasteiger partial charge in [0.1, 0.15) is 18.2 Å². The highest BCUT2D eigenvalue weighted by atomic mass is 19.1. The third-order valence-electron chi connectivity index (χ3n) is 4.61. The molecule has 0 saturated carbocycles. The molecule has 2 rings (SSSR count). The van der Waals surface area contributed by atoms with Crippen LogP contribution >= 0.6 is 0 Å². The van der Waals surface area contributed by atoms with E-state index in [9.17, 15) is 24.1 Å². The zero-order valence-electron chi connectivity index (χ0n) is 18.0. The molecule has 0 atom stereocenters. The molecule has 10 heteroatoms. The maximum absolute atomic E-state index is 13.7. The summed E-state index contributed by atoms with van der Waals surface area (Å²) in [6.07, 6.45) is -0.133. The van der Waals surface area contributed by atoms with Crippen LogP contribution in [0.2, 0.25) is 0 Å². The van der Waals surface area contributed by atoms with Crippen molar-refractivity contribution in [3.8, 4) is 5.75 Å². The molecule has 1 amide bonds. The normalized spacial score (nSPS) is 10.6. The van der Waals surface area contributed by atoms with E-state index in [1.54, 1.807) is 6.07 Å². The smallest absolute Gasteiger partial charge is 0.344 e. The van der Waals surface area contributed by atoms with Gasteiger partial charge in [0.25, 0.3) is 5.69 Å². The number of anilines is 1. The number of esters is 1. The first-order valence-electron chi connectivity index (χ1n) is 10.2. The van der Waals surface area contributed by atoms with Crippen molar-refractivity contribution in [1.29, 1.82) is 0 Å². The van der Waals surface area contributed by atoms with Gasteiger partial charge in [-0.15, -0.1) is 0 Å². The first kappa shape index (κ1) is 24.7. The molecule has 0 saturated heterocycles. The number of hydrogen-bond donors (Lipinski definition) is 1. The van der Waals surface area contributed by atoms with E-state index >= 15 is 0 Å². The minimum Gasteiger partial charge on any atom is -0.480 e. The Kier molecular flexibility index (Phi) is 9.55. The van der Waals surface area contributed by atoms with Gasteiger partial charge >= 0.3 is 5.97 Å². The number of non-ortho nitro benzene ring substituents is 1. The zero-order valence-corrected chi connectivity index (χ0v) is 18.0. The standard InChI is InChI=1S/C22H26FN3O6/c1-3-25(4-2)10-11-31-22(28)15-32-20-14-17(23)8-9-19(20)24-21(27)13-16-6-5-7-18(12-16)26(29)30/h5-9,12,14H,3-4,10-11,13,15H2,1-2H3,(H,24,27). The molecule has 2 aromatic rings. The molecule has 0 heterocycles. The van der Waals surface area contributed by atoms with E-state index in [1.165, 1.54) is 24.3 Å². The van der Waals surface area contributed by atoms with Crippen LogP contribution in [0.15, 0.2) is 42.5 Å². The van der Waals surface area contributed by atoms with Crippen molar-refractivity contribution >= 4 is 23.3 Å². The van der Waals surface area contributed by atoms with Crippen LogP contribution in [0.25, 0.3) is 0 Å². The highest BCUT2D eigenvalue weighted by molar-refractivity contribution is 5.93. The van der Waals surface area contributed by atoms with E-state index in [0.29, 0.717) is 12.1 Å². The van der Waals surface area contributed by atoms with Crippen molar-refractivity contribution in [3.05, 3.63) is 64.0 Å². The van der Waals surface area contributed by atoms with Crippen molar-refractivity contribution in [1.82, 2.24) is 4.90 Å². The summed E-state index contributed by atoms with van der Waals surface area (Å²) in [5.41, 5.74) is 0.483. The molecule has 0 unspecified atom stereocenters. The number of hydrogen-bond acceptors (Lipinski definition) is 7. The Morgan fingerprint density at radius 1 is 1.16 bits per heavy atom. The number of rotatable bonds is 12. The van der Waals surface area contributed by atoms with Gasteiger partial charge in [0.05, 0.1) is 17.0 Å². The number of halogens is 1. The summed E-state index contributed by atoms with van der Waals surface area (Å²) in [4.78, 5) is 36.7. The fraction of sp³-hybridized carbons (Fsp3) is 0.364. The van der Waals surface area contributed by atoms with Crippen LogP contribution in [-0.2, 0) is 20.7 Å². The second kappa shape index (κ2) is 12.4. The minimum absolute atomic E-state index is 0.0296. The monoisotopic (exact) mass is 447 g/mol. The molecule has 0 fully saturated rings. The van der Waals surface area contributed by atoms with Crippen molar-refractivity contribution in [3.63, 3.8) is 0 Å². The van der Waals surface area contributed by atoms with E-state index < -0.39 is 29.2 Å². The lowest BCUT2D eigenvalue weighted by molar-refractivity contribution is -0.384. The third kappa shape index (κ3) is 7.95. The minimum atomic E-state index is -0.615. The highest BCUT2D eigenvalue weighted by Gasteiger charge is 2.14. The van der Waals surface area contributed by atoms with Gasteiger partial charge in [-0.2, -0.15) is 0 Å². The van der Waals surface area contributed by atoms with Crippen LogP contribution in [-0.4, -0.2) is 54.5 Å². The molecule has 0 aromatic heterocycles. The van der Waals surface area contributed by atoms with Gasteiger partial charge in [-0.05, 0) is 30.8 Å². The summed E-state index contributed by atoms with van der Waals surface area (Å²) in [5.74, 6) is -1.73. The molecular formula is C22H26FN3O6. The molecule has 0 bridgehead atoms. The molecule has 2 aromatic carbocycles. The number of likely N-dealkylation sites (N-methyl/N-ethyl adjacent to an activating group) is 1. The van der Waals surface area contributed by atoms with Crippen LogP contribution in [0.1, 0.15) is 19.4 Å². The molecule has 0 spiro atoms. The average molecular weight is 447 g/mol. The van der Waals surface area contributed by atoms with Gasteiger partial charge in [0.15, 0.2) is 6.61 Å². The summed E-state index contributed by atoms with van der Waals surface area (Å²) < 4.78 is 24.1. The van der Waals surface area contributed by atoms with Crippen LogP contribution < -0.4 is 10.1 Å². The number of carbonyl (C=O) groups excluding carboxylic acids is 2. The van der Waals surface area contributed by atoms with E-state index in [2.05, 4.69) is 10.2 Å².